The highest BCUT2D eigenvalue weighted by atomic mass is 32.2. The second kappa shape index (κ2) is 6.46. The Morgan fingerprint density at radius 2 is 1.86 bits per heavy atom. The van der Waals surface area contributed by atoms with E-state index in [4.69, 9.17) is 0 Å². The molecule has 3 rings (SSSR count). The molecule has 2 heterocycles. The summed E-state index contributed by atoms with van der Waals surface area (Å²) in [5.74, 6) is 0.873. The largest absolute Gasteiger partial charge is 0.317 e. The average Bonchev–Trinajstić information content (AvgIpc) is 2.53. The molecule has 0 aromatic heterocycles. The number of piperidine rings is 1. The summed E-state index contributed by atoms with van der Waals surface area (Å²) in [6.07, 6.45) is 3.86. The maximum absolute atomic E-state index is 12.5. The van der Waals surface area contributed by atoms with Crippen molar-refractivity contribution in [1.29, 1.82) is 0 Å². The van der Waals surface area contributed by atoms with Crippen LogP contribution in [-0.2, 0) is 23.0 Å². The summed E-state index contributed by atoms with van der Waals surface area (Å²) >= 11 is 0. The Morgan fingerprint density at radius 3 is 2.62 bits per heavy atom. The molecule has 116 valence electrons. The van der Waals surface area contributed by atoms with Crippen LogP contribution in [0.2, 0.25) is 0 Å². The number of sulfonamides is 1. The van der Waals surface area contributed by atoms with Crippen LogP contribution in [0.1, 0.15) is 30.4 Å². The molecule has 0 atom stereocenters. The van der Waals surface area contributed by atoms with Crippen molar-refractivity contribution >= 4 is 10.0 Å². The van der Waals surface area contributed by atoms with Crippen LogP contribution in [0.3, 0.4) is 0 Å². The van der Waals surface area contributed by atoms with E-state index in [0.29, 0.717) is 24.8 Å². The molecule has 0 bridgehead atoms. The SMILES string of the molecule is O=S(=O)(CCC1CCNCC1)N1CCc2ccccc2C1. The molecular formula is C16H24N2O2S. The zero-order valence-electron chi connectivity index (χ0n) is 12.4. The fourth-order valence-corrected chi connectivity index (χ4v) is 4.92. The molecule has 1 N–H and O–H groups in total. The predicted molar refractivity (Wildman–Crippen MR) is 84.6 cm³/mol. The molecule has 0 amide bonds. The van der Waals surface area contributed by atoms with Crippen LogP contribution in [-0.4, -0.2) is 38.1 Å². The van der Waals surface area contributed by atoms with Crippen molar-refractivity contribution < 1.29 is 8.42 Å². The van der Waals surface area contributed by atoms with Gasteiger partial charge < -0.3 is 5.32 Å². The summed E-state index contributed by atoms with van der Waals surface area (Å²) in [4.78, 5) is 0. The topological polar surface area (TPSA) is 49.4 Å². The normalized spacial score (nSPS) is 21.1. The van der Waals surface area contributed by atoms with Gasteiger partial charge in [0.05, 0.1) is 5.75 Å². The van der Waals surface area contributed by atoms with Crippen LogP contribution in [0.15, 0.2) is 24.3 Å². The Labute approximate surface area is 127 Å². The van der Waals surface area contributed by atoms with Gasteiger partial charge in [0, 0.05) is 13.1 Å². The Morgan fingerprint density at radius 1 is 1.14 bits per heavy atom. The molecule has 5 heteroatoms. The van der Waals surface area contributed by atoms with E-state index >= 15 is 0 Å². The third-order valence-electron chi connectivity index (χ3n) is 4.73. The van der Waals surface area contributed by atoms with E-state index in [1.807, 2.05) is 18.2 Å². The van der Waals surface area contributed by atoms with Crippen LogP contribution >= 0.6 is 0 Å². The number of benzene rings is 1. The van der Waals surface area contributed by atoms with Gasteiger partial charge in [-0.05, 0) is 55.8 Å². The first-order chi connectivity index (χ1) is 10.1. The highest BCUT2D eigenvalue weighted by Crippen LogP contribution is 2.23. The van der Waals surface area contributed by atoms with E-state index < -0.39 is 10.0 Å². The molecule has 0 saturated carbocycles. The van der Waals surface area contributed by atoms with Gasteiger partial charge in [-0.2, -0.15) is 4.31 Å². The molecule has 1 saturated heterocycles. The smallest absolute Gasteiger partial charge is 0.214 e. The van der Waals surface area contributed by atoms with Gasteiger partial charge in [0.25, 0.3) is 0 Å². The lowest BCUT2D eigenvalue weighted by Gasteiger charge is -2.29. The van der Waals surface area contributed by atoms with Crippen LogP contribution in [0.5, 0.6) is 0 Å². The second-order valence-electron chi connectivity index (χ2n) is 6.15. The molecule has 1 fully saturated rings. The molecule has 0 aliphatic carbocycles. The standard InChI is InChI=1S/C16H24N2O2S/c19-21(20,12-8-14-5-9-17-10-6-14)18-11-7-15-3-1-2-4-16(15)13-18/h1-4,14,17H,5-13H2. The van der Waals surface area contributed by atoms with Crippen molar-refractivity contribution in [2.75, 3.05) is 25.4 Å². The molecule has 1 aromatic rings. The number of rotatable bonds is 4. The average molecular weight is 308 g/mol. The molecule has 21 heavy (non-hydrogen) atoms. The third-order valence-corrected chi connectivity index (χ3v) is 6.58. The molecule has 0 unspecified atom stereocenters. The maximum Gasteiger partial charge on any atom is 0.214 e. The van der Waals surface area contributed by atoms with Crippen molar-refractivity contribution in [3.05, 3.63) is 35.4 Å². The first kappa shape index (κ1) is 15.0. The van der Waals surface area contributed by atoms with E-state index in [2.05, 4.69) is 11.4 Å². The number of hydrogen-bond donors (Lipinski definition) is 1. The molecule has 2 aliphatic heterocycles. The Bertz CT molecular complexity index is 580. The van der Waals surface area contributed by atoms with Crippen LogP contribution in [0.4, 0.5) is 0 Å². The second-order valence-corrected chi connectivity index (χ2v) is 8.24. The van der Waals surface area contributed by atoms with Crippen molar-refractivity contribution in [2.24, 2.45) is 5.92 Å². The van der Waals surface area contributed by atoms with Gasteiger partial charge in [-0.15, -0.1) is 0 Å². The van der Waals surface area contributed by atoms with Gasteiger partial charge in [-0.25, -0.2) is 8.42 Å². The number of fused-ring (bicyclic) bond motifs is 1. The summed E-state index contributed by atoms with van der Waals surface area (Å²) in [6.45, 7) is 3.24. The molecular weight excluding hydrogens is 284 g/mol. The van der Waals surface area contributed by atoms with Crippen molar-refractivity contribution in [3.8, 4) is 0 Å². The van der Waals surface area contributed by atoms with Gasteiger partial charge in [-0.1, -0.05) is 24.3 Å². The summed E-state index contributed by atoms with van der Waals surface area (Å²) in [5.41, 5.74) is 2.46. The maximum atomic E-state index is 12.5. The fourth-order valence-electron chi connectivity index (χ4n) is 3.32. The highest BCUT2D eigenvalue weighted by molar-refractivity contribution is 7.89. The van der Waals surface area contributed by atoms with Gasteiger partial charge in [-0.3, -0.25) is 0 Å². The number of nitrogens with one attached hydrogen (secondary N) is 1. The Hall–Kier alpha value is -0.910. The summed E-state index contributed by atoms with van der Waals surface area (Å²) in [6, 6.07) is 8.17. The fraction of sp³-hybridized carbons (Fsp3) is 0.625. The van der Waals surface area contributed by atoms with Crippen molar-refractivity contribution in [2.45, 2.75) is 32.2 Å². The Kier molecular flexibility index (Phi) is 4.62. The quantitative estimate of drug-likeness (QED) is 0.922. The van der Waals surface area contributed by atoms with Crippen LogP contribution in [0.25, 0.3) is 0 Å². The molecule has 0 radical (unpaired) electrons. The van der Waals surface area contributed by atoms with Gasteiger partial charge in [0.15, 0.2) is 0 Å². The van der Waals surface area contributed by atoms with E-state index in [1.165, 1.54) is 5.56 Å². The molecule has 4 nitrogen and oxygen atoms in total. The molecule has 2 aliphatic rings. The lowest BCUT2D eigenvalue weighted by molar-refractivity contribution is 0.355. The predicted octanol–water partition coefficient (Wildman–Crippen LogP) is 1.76. The first-order valence-electron chi connectivity index (χ1n) is 7.90. The number of hydrogen-bond acceptors (Lipinski definition) is 3. The van der Waals surface area contributed by atoms with Gasteiger partial charge >= 0.3 is 0 Å². The summed E-state index contributed by atoms with van der Waals surface area (Å²) in [7, 11) is -3.11. The minimum atomic E-state index is -3.11. The van der Waals surface area contributed by atoms with Gasteiger partial charge in [0.2, 0.25) is 10.0 Å². The van der Waals surface area contributed by atoms with E-state index in [0.717, 1.165) is 44.3 Å². The summed E-state index contributed by atoms with van der Waals surface area (Å²) in [5, 5.41) is 3.33. The van der Waals surface area contributed by atoms with E-state index in [9.17, 15) is 8.42 Å². The van der Waals surface area contributed by atoms with Crippen molar-refractivity contribution in [1.82, 2.24) is 9.62 Å². The van der Waals surface area contributed by atoms with E-state index in [-0.39, 0.29) is 0 Å². The number of nitrogens with zero attached hydrogens (tertiary/aromatic N) is 1. The minimum absolute atomic E-state index is 0.305. The van der Waals surface area contributed by atoms with Crippen LogP contribution in [0, 0.1) is 5.92 Å². The zero-order valence-corrected chi connectivity index (χ0v) is 13.2. The van der Waals surface area contributed by atoms with Gasteiger partial charge in [0.1, 0.15) is 0 Å². The first-order valence-corrected chi connectivity index (χ1v) is 9.51. The van der Waals surface area contributed by atoms with Crippen molar-refractivity contribution in [3.63, 3.8) is 0 Å². The molecule has 0 spiro atoms. The lowest BCUT2D eigenvalue weighted by Crippen LogP contribution is -2.38. The third kappa shape index (κ3) is 3.65. The highest BCUT2D eigenvalue weighted by Gasteiger charge is 2.27. The van der Waals surface area contributed by atoms with E-state index in [1.54, 1.807) is 4.31 Å². The summed E-state index contributed by atoms with van der Waals surface area (Å²) < 4.78 is 26.8. The Balaban J connectivity index is 1.60. The molecule has 1 aromatic carbocycles. The monoisotopic (exact) mass is 308 g/mol. The van der Waals surface area contributed by atoms with Crippen LogP contribution < -0.4 is 5.32 Å². The minimum Gasteiger partial charge on any atom is -0.317 e. The zero-order chi connectivity index (χ0) is 14.7. The lowest BCUT2D eigenvalue weighted by atomic mass is 9.96.